The van der Waals surface area contributed by atoms with E-state index in [4.69, 9.17) is 15.0 Å². The Hall–Kier alpha value is -0.930. The summed E-state index contributed by atoms with van der Waals surface area (Å²) >= 11 is 0. The van der Waals surface area contributed by atoms with E-state index in [1.165, 1.54) is 0 Å². The van der Waals surface area contributed by atoms with Gasteiger partial charge in [-0.1, -0.05) is 0 Å². The van der Waals surface area contributed by atoms with Crippen LogP contribution in [0.1, 0.15) is 0 Å². The predicted molar refractivity (Wildman–Crippen MR) is 55.0 cm³/mol. The van der Waals surface area contributed by atoms with Crippen LogP contribution in [0.25, 0.3) is 0 Å². The van der Waals surface area contributed by atoms with E-state index in [1.807, 2.05) is 0 Å². The van der Waals surface area contributed by atoms with Crippen molar-refractivity contribution in [3.8, 4) is 0 Å². The van der Waals surface area contributed by atoms with Crippen LogP contribution in [-0.4, -0.2) is 72.8 Å². The summed E-state index contributed by atoms with van der Waals surface area (Å²) in [6, 6.07) is 0. The number of aliphatic carboxylic acids is 1. The second-order valence-corrected chi connectivity index (χ2v) is 3.66. The Bertz CT molecular complexity index is 244. The zero-order chi connectivity index (χ0) is 14.2. The van der Waals surface area contributed by atoms with Gasteiger partial charge in [-0.15, -0.1) is 0 Å². The van der Waals surface area contributed by atoms with Crippen LogP contribution in [0.3, 0.4) is 0 Å². The Morgan fingerprint density at radius 1 is 1.33 bits per heavy atom. The van der Waals surface area contributed by atoms with Gasteiger partial charge in [0.1, 0.15) is 6.67 Å². The van der Waals surface area contributed by atoms with E-state index in [0.717, 1.165) is 26.2 Å². The third-order valence-electron chi connectivity index (χ3n) is 2.10. The lowest BCUT2D eigenvalue weighted by molar-refractivity contribution is -0.192. The Morgan fingerprint density at radius 3 is 2.11 bits per heavy atom. The second-order valence-electron chi connectivity index (χ2n) is 3.66. The summed E-state index contributed by atoms with van der Waals surface area (Å²) in [6.45, 7) is 3.55. The minimum atomic E-state index is -5.08. The van der Waals surface area contributed by atoms with Crippen molar-refractivity contribution in [1.82, 2.24) is 10.2 Å². The number of halogens is 4. The molecule has 0 aromatic carbocycles. The average Bonchev–Trinajstić information content (AvgIpc) is 2.29. The number of aliphatic hydroxyl groups is 1. The maximum atomic E-state index is 11.8. The van der Waals surface area contributed by atoms with Gasteiger partial charge < -0.3 is 15.5 Å². The Balaban J connectivity index is 0.000000360. The van der Waals surface area contributed by atoms with Crippen LogP contribution in [0.4, 0.5) is 17.6 Å². The van der Waals surface area contributed by atoms with Gasteiger partial charge in [0.2, 0.25) is 0 Å². The van der Waals surface area contributed by atoms with Gasteiger partial charge in [-0.05, 0) is 0 Å². The van der Waals surface area contributed by atoms with Gasteiger partial charge in [-0.25, -0.2) is 9.18 Å². The van der Waals surface area contributed by atoms with Crippen LogP contribution in [-0.2, 0) is 4.79 Å². The normalized spacial score (nSPS) is 18.7. The van der Waals surface area contributed by atoms with Gasteiger partial charge >= 0.3 is 12.1 Å². The summed E-state index contributed by atoms with van der Waals surface area (Å²) in [4.78, 5) is 11.0. The summed E-state index contributed by atoms with van der Waals surface area (Å²) in [7, 11) is 0. The number of carboxylic acid groups (broad SMARTS) is 1. The summed E-state index contributed by atoms with van der Waals surface area (Å²) in [5.41, 5.74) is 0. The number of nitrogens with zero attached hydrogens (tertiary/aromatic N) is 1. The largest absolute Gasteiger partial charge is 0.490 e. The maximum absolute atomic E-state index is 11.8. The lowest BCUT2D eigenvalue weighted by atomic mass is 10.3. The van der Waals surface area contributed by atoms with Crippen molar-refractivity contribution in [1.29, 1.82) is 0 Å². The Kier molecular flexibility index (Phi) is 7.80. The number of aliphatic hydroxyl groups excluding tert-OH is 1. The molecule has 0 aromatic heterocycles. The predicted octanol–water partition coefficient (Wildman–Crippen LogP) is -0.145. The minimum absolute atomic E-state index is 0.470. The SMILES string of the molecule is O=C(O)C(F)(F)F.OC(CF)CN1CCNCC1. The summed E-state index contributed by atoms with van der Waals surface area (Å²) in [5.74, 6) is -2.76. The lowest BCUT2D eigenvalue weighted by Gasteiger charge is -2.28. The molecule has 1 fully saturated rings. The van der Waals surface area contributed by atoms with E-state index < -0.39 is 24.9 Å². The minimum Gasteiger partial charge on any atom is -0.475 e. The molecule has 9 heteroatoms. The second kappa shape index (κ2) is 8.22. The molecule has 0 radical (unpaired) electrons. The first kappa shape index (κ1) is 17.1. The molecule has 0 saturated carbocycles. The van der Waals surface area contributed by atoms with E-state index in [9.17, 15) is 17.6 Å². The molecule has 0 spiro atoms. The van der Waals surface area contributed by atoms with Crippen molar-refractivity contribution in [2.45, 2.75) is 12.3 Å². The van der Waals surface area contributed by atoms with E-state index in [-0.39, 0.29) is 0 Å². The van der Waals surface area contributed by atoms with Gasteiger partial charge in [0.05, 0.1) is 6.10 Å². The number of carboxylic acids is 1. The highest BCUT2D eigenvalue weighted by molar-refractivity contribution is 5.73. The van der Waals surface area contributed by atoms with E-state index >= 15 is 0 Å². The maximum Gasteiger partial charge on any atom is 0.490 e. The van der Waals surface area contributed by atoms with Crippen LogP contribution in [0, 0.1) is 0 Å². The quantitative estimate of drug-likeness (QED) is 0.626. The van der Waals surface area contributed by atoms with E-state index in [0.29, 0.717) is 6.54 Å². The van der Waals surface area contributed by atoms with Crippen LogP contribution in [0.15, 0.2) is 0 Å². The number of hydrogen-bond acceptors (Lipinski definition) is 4. The number of piperazine rings is 1. The summed E-state index contributed by atoms with van der Waals surface area (Å²) < 4.78 is 43.6. The molecule has 1 rings (SSSR count). The summed E-state index contributed by atoms with van der Waals surface area (Å²) in [6.07, 6.45) is -5.88. The van der Waals surface area contributed by atoms with Crippen LogP contribution in [0.2, 0.25) is 0 Å². The fourth-order valence-corrected chi connectivity index (χ4v) is 1.24. The number of carbonyl (C=O) groups is 1. The molecule has 3 N–H and O–H groups in total. The number of alkyl halides is 4. The van der Waals surface area contributed by atoms with Crippen molar-refractivity contribution in [3.05, 3.63) is 0 Å². The number of β-amino-alcohol motifs (C(OH)–C–C–N with tert-alkyl or cyclic N) is 1. The highest BCUT2D eigenvalue weighted by Gasteiger charge is 2.38. The van der Waals surface area contributed by atoms with E-state index in [1.54, 1.807) is 0 Å². The smallest absolute Gasteiger partial charge is 0.475 e. The van der Waals surface area contributed by atoms with Gasteiger partial charge in [0.25, 0.3) is 0 Å². The molecular formula is C9H16F4N2O3. The molecule has 1 atom stereocenters. The highest BCUT2D eigenvalue weighted by atomic mass is 19.4. The monoisotopic (exact) mass is 276 g/mol. The zero-order valence-electron chi connectivity index (χ0n) is 9.58. The molecule has 5 nitrogen and oxygen atoms in total. The number of rotatable bonds is 3. The van der Waals surface area contributed by atoms with Crippen molar-refractivity contribution < 1.29 is 32.6 Å². The molecule has 1 aliphatic heterocycles. The molecule has 1 aliphatic rings. The highest BCUT2D eigenvalue weighted by Crippen LogP contribution is 2.13. The van der Waals surface area contributed by atoms with Crippen LogP contribution in [0.5, 0.6) is 0 Å². The Morgan fingerprint density at radius 2 is 1.78 bits per heavy atom. The molecule has 1 heterocycles. The zero-order valence-corrected chi connectivity index (χ0v) is 9.58. The average molecular weight is 276 g/mol. The van der Waals surface area contributed by atoms with Crippen molar-refractivity contribution in [3.63, 3.8) is 0 Å². The molecular weight excluding hydrogens is 260 g/mol. The topological polar surface area (TPSA) is 72.8 Å². The third kappa shape index (κ3) is 8.20. The van der Waals surface area contributed by atoms with Gasteiger partial charge in [0, 0.05) is 32.7 Å². The van der Waals surface area contributed by atoms with Gasteiger partial charge in [0.15, 0.2) is 0 Å². The molecule has 0 aliphatic carbocycles. The molecule has 0 amide bonds. The fraction of sp³-hybridized carbons (Fsp3) is 0.889. The molecule has 108 valence electrons. The summed E-state index contributed by atoms with van der Waals surface area (Å²) in [5, 5.41) is 19.3. The lowest BCUT2D eigenvalue weighted by Crippen LogP contribution is -2.46. The third-order valence-corrected chi connectivity index (χ3v) is 2.10. The van der Waals surface area contributed by atoms with Crippen molar-refractivity contribution in [2.24, 2.45) is 0 Å². The van der Waals surface area contributed by atoms with Gasteiger partial charge in [-0.3, -0.25) is 4.90 Å². The first-order valence-corrected chi connectivity index (χ1v) is 5.24. The fourth-order valence-electron chi connectivity index (χ4n) is 1.24. The standard InChI is InChI=1S/C7H15FN2O.C2HF3O2/c8-5-7(11)6-10-3-1-9-2-4-10;3-2(4,5)1(6)7/h7,9,11H,1-6H2;(H,6,7). The van der Waals surface area contributed by atoms with Crippen LogP contribution < -0.4 is 5.32 Å². The molecule has 1 unspecified atom stereocenters. The van der Waals surface area contributed by atoms with Crippen LogP contribution >= 0.6 is 0 Å². The number of hydrogen-bond donors (Lipinski definition) is 3. The van der Waals surface area contributed by atoms with Crippen molar-refractivity contribution >= 4 is 5.97 Å². The first-order chi connectivity index (χ1) is 8.27. The van der Waals surface area contributed by atoms with Gasteiger partial charge in [-0.2, -0.15) is 13.2 Å². The molecule has 0 bridgehead atoms. The molecule has 1 saturated heterocycles. The molecule has 18 heavy (non-hydrogen) atoms. The first-order valence-electron chi connectivity index (χ1n) is 5.24. The van der Waals surface area contributed by atoms with E-state index in [2.05, 4.69) is 10.2 Å². The Labute approximate surface area is 101 Å². The number of nitrogens with one attached hydrogen (secondary N) is 1. The van der Waals surface area contributed by atoms with Crippen molar-refractivity contribution in [2.75, 3.05) is 39.4 Å². The molecule has 0 aromatic rings.